The van der Waals surface area contributed by atoms with E-state index in [-0.39, 0.29) is 5.91 Å². The summed E-state index contributed by atoms with van der Waals surface area (Å²) in [6.07, 6.45) is 3.59. The van der Waals surface area contributed by atoms with Gasteiger partial charge >= 0.3 is 0 Å². The highest BCUT2D eigenvalue weighted by Gasteiger charge is 2.30. The van der Waals surface area contributed by atoms with Gasteiger partial charge in [-0.15, -0.1) is 0 Å². The molecule has 4 aromatic rings. The monoisotopic (exact) mass is 491 g/mol. The summed E-state index contributed by atoms with van der Waals surface area (Å²) in [4.78, 5) is 15.1. The maximum atomic E-state index is 13.5. The van der Waals surface area contributed by atoms with E-state index in [1.807, 2.05) is 66.7 Å². The minimum atomic E-state index is -0.163. The van der Waals surface area contributed by atoms with Crippen LogP contribution in [0.3, 0.4) is 0 Å². The smallest absolute Gasteiger partial charge is 0.263 e. The Kier molecular flexibility index (Phi) is 5.86. The fraction of sp³-hybridized carbons (Fsp3) is 0. The van der Waals surface area contributed by atoms with E-state index in [1.54, 1.807) is 35.2 Å². The molecule has 0 fully saturated rings. The molecule has 0 saturated carbocycles. The van der Waals surface area contributed by atoms with Gasteiger partial charge in [-0.25, -0.2) is 0 Å². The van der Waals surface area contributed by atoms with Gasteiger partial charge in [0.2, 0.25) is 0 Å². The van der Waals surface area contributed by atoms with Crippen LogP contribution in [0.2, 0.25) is 15.1 Å². The third kappa shape index (κ3) is 4.36. The summed E-state index contributed by atoms with van der Waals surface area (Å²) in [6, 6.07) is 25.9. The first kappa shape index (κ1) is 21.6. The van der Waals surface area contributed by atoms with Crippen molar-refractivity contribution >= 4 is 58.2 Å². The lowest BCUT2D eigenvalue weighted by atomic mass is 10.1. The van der Waals surface area contributed by atoms with Gasteiger partial charge in [0, 0.05) is 16.2 Å². The zero-order valence-corrected chi connectivity index (χ0v) is 19.4. The Labute approximate surface area is 206 Å². The maximum Gasteiger partial charge on any atom is 0.263 e. The molecule has 0 N–H and O–H groups in total. The van der Waals surface area contributed by atoms with E-state index in [0.29, 0.717) is 37.8 Å². The minimum Gasteiger partial charge on any atom is -0.457 e. The number of nitrogens with zero attached hydrogens (tertiary/aromatic N) is 1. The van der Waals surface area contributed by atoms with Crippen LogP contribution in [0.4, 0.5) is 5.69 Å². The number of hydrogen-bond donors (Lipinski definition) is 0. The van der Waals surface area contributed by atoms with Gasteiger partial charge in [0.1, 0.15) is 11.5 Å². The molecule has 3 aromatic carbocycles. The molecule has 0 bridgehead atoms. The van der Waals surface area contributed by atoms with Crippen molar-refractivity contribution in [2.75, 3.05) is 4.90 Å². The lowest BCUT2D eigenvalue weighted by Gasteiger charge is -2.21. The number of furan rings is 1. The van der Waals surface area contributed by atoms with Gasteiger partial charge in [-0.3, -0.25) is 9.69 Å². The van der Waals surface area contributed by atoms with Crippen LogP contribution < -0.4 is 4.90 Å². The average Bonchev–Trinajstić information content (AvgIpc) is 3.41. The average molecular weight is 493 g/mol. The zero-order valence-electron chi connectivity index (χ0n) is 17.1. The molecule has 0 unspecified atom stereocenters. The Balaban J connectivity index is 1.54. The largest absolute Gasteiger partial charge is 0.457 e. The molecule has 5 rings (SSSR count). The van der Waals surface area contributed by atoms with Crippen LogP contribution in [-0.4, -0.2) is 5.91 Å². The summed E-state index contributed by atoms with van der Waals surface area (Å²) in [5.74, 6) is 1.02. The Bertz CT molecular complexity index is 1420. The van der Waals surface area contributed by atoms with Crippen molar-refractivity contribution in [1.82, 2.24) is 0 Å². The fourth-order valence-corrected chi connectivity index (χ4v) is 4.18. The Morgan fingerprint density at radius 1 is 0.758 bits per heavy atom. The highest BCUT2D eigenvalue weighted by Crippen LogP contribution is 2.37. The second-order valence-electron chi connectivity index (χ2n) is 7.45. The summed E-state index contributed by atoms with van der Waals surface area (Å²) in [5.41, 5.74) is 3.69. The molecule has 33 heavy (non-hydrogen) atoms. The number of rotatable bonds is 4. The van der Waals surface area contributed by atoms with E-state index in [4.69, 9.17) is 39.2 Å². The molecule has 6 heteroatoms. The third-order valence-corrected chi connectivity index (χ3v) is 6.22. The van der Waals surface area contributed by atoms with E-state index in [1.165, 1.54) is 0 Å². The van der Waals surface area contributed by atoms with Gasteiger partial charge < -0.3 is 4.42 Å². The number of anilines is 1. The molecule has 1 aliphatic rings. The molecule has 1 amide bonds. The van der Waals surface area contributed by atoms with Crippen LogP contribution >= 0.6 is 34.8 Å². The highest BCUT2D eigenvalue weighted by molar-refractivity contribution is 6.42. The van der Waals surface area contributed by atoms with Crippen molar-refractivity contribution < 1.29 is 9.21 Å². The summed E-state index contributed by atoms with van der Waals surface area (Å²) in [6.45, 7) is 0. The second-order valence-corrected chi connectivity index (χ2v) is 8.70. The first-order valence-corrected chi connectivity index (χ1v) is 11.3. The quantitative estimate of drug-likeness (QED) is 0.268. The maximum absolute atomic E-state index is 13.5. The minimum absolute atomic E-state index is 0.163. The SMILES string of the molecule is O=C1/C(=C\c2ccc(-c3ccc(Cl)c(Cl)c3)o2)C=C(c2ccccc2)N1c1cccc(Cl)c1. The number of amides is 1. The lowest BCUT2D eigenvalue weighted by molar-refractivity contribution is -0.113. The molecule has 1 aliphatic heterocycles. The topological polar surface area (TPSA) is 33.5 Å². The van der Waals surface area contributed by atoms with Crippen molar-refractivity contribution in [3.8, 4) is 11.3 Å². The molecule has 162 valence electrons. The molecular formula is C27H16Cl3NO2. The molecule has 0 saturated heterocycles. The van der Waals surface area contributed by atoms with Gasteiger partial charge in [-0.05, 0) is 66.2 Å². The van der Waals surface area contributed by atoms with Crippen molar-refractivity contribution in [2.45, 2.75) is 0 Å². The number of benzene rings is 3. The van der Waals surface area contributed by atoms with Crippen LogP contribution in [0.1, 0.15) is 11.3 Å². The summed E-state index contributed by atoms with van der Waals surface area (Å²) >= 11 is 18.4. The van der Waals surface area contributed by atoms with E-state index in [2.05, 4.69) is 0 Å². The Morgan fingerprint density at radius 2 is 1.58 bits per heavy atom. The molecule has 3 nitrogen and oxygen atoms in total. The number of carbonyl (C=O) groups excluding carboxylic acids is 1. The summed E-state index contributed by atoms with van der Waals surface area (Å²) in [7, 11) is 0. The van der Waals surface area contributed by atoms with Crippen molar-refractivity contribution in [1.29, 1.82) is 0 Å². The molecule has 0 atom stereocenters. The number of hydrogen-bond acceptors (Lipinski definition) is 2. The van der Waals surface area contributed by atoms with E-state index >= 15 is 0 Å². The molecular weight excluding hydrogens is 477 g/mol. The van der Waals surface area contributed by atoms with Gasteiger partial charge in [0.05, 0.1) is 21.4 Å². The van der Waals surface area contributed by atoms with Crippen LogP contribution in [0, 0.1) is 0 Å². The van der Waals surface area contributed by atoms with Crippen LogP contribution in [0.5, 0.6) is 0 Å². The lowest BCUT2D eigenvalue weighted by Crippen LogP contribution is -2.24. The molecule has 0 spiro atoms. The number of carbonyl (C=O) groups is 1. The third-order valence-electron chi connectivity index (χ3n) is 5.25. The van der Waals surface area contributed by atoms with Crippen molar-refractivity contribution in [3.63, 3.8) is 0 Å². The van der Waals surface area contributed by atoms with Gasteiger partial charge in [0.15, 0.2) is 0 Å². The van der Waals surface area contributed by atoms with Gasteiger partial charge in [-0.1, -0.05) is 71.2 Å². The summed E-state index contributed by atoms with van der Waals surface area (Å²) in [5, 5.41) is 1.48. The first-order chi connectivity index (χ1) is 16.0. The van der Waals surface area contributed by atoms with E-state index in [0.717, 1.165) is 16.8 Å². The van der Waals surface area contributed by atoms with E-state index < -0.39 is 0 Å². The van der Waals surface area contributed by atoms with Crippen LogP contribution in [0.15, 0.2) is 101 Å². The molecule has 0 radical (unpaired) electrons. The van der Waals surface area contributed by atoms with Gasteiger partial charge in [0.25, 0.3) is 5.91 Å². The van der Waals surface area contributed by atoms with E-state index in [9.17, 15) is 4.79 Å². The van der Waals surface area contributed by atoms with Crippen molar-refractivity contribution in [2.24, 2.45) is 0 Å². The first-order valence-electron chi connectivity index (χ1n) is 10.1. The van der Waals surface area contributed by atoms with Gasteiger partial charge in [-0.2, -0.15) is 0 Å². The Morgan fingerprint density at radius 3 is 2.33 bits per heavy atom. The number of halogens is 3. The fourth-order valence-electron chi connectivity index (χ4n) is 3.70. The molecule has 1 aromatic heterocycles. The van der Waals surface area contributed by atoms with Crippen LogP contribution in [0.25, 0.3) is 23.1 Å². The predicted octanol–water partition coefficient (Wildman–Crippen LogP) is 8.38. The molecule has 2 heterocycles. The zero-order chi connectivity index (χ0) is 22.9. The van der Waals surface area contributed by atoms with Crippen LogP contribution in [-0.2, 0) is 4.79 Å². The second kappa shape index (κ2) is 8.95. The summed E-state index contributed by atoms with van der Waals surface area (Å²) < 4.78 is 5.98. The predicted molar refractivity (Wildman–Crippen MR) is 135 cm³/mol. The highest BCUT2D eigenvalue weighted by atomic mass is 35.5. The standard InChI is InChI=1S/C27H16Cl3NO2/c28-20-7-4-8-21(16-20)31-25(17-5-2-1-3-6-17)15-19(27(31)32)13-22-10-12-26(33-22)18-9-11-23(29)24(30)14-18/h1-16H/b19-13-. The normalized spacial score (nSPS) is 14.8. The van der Waals surface area contributed by atoms with Crippen molar-refractivity contribution in [3.05, 3.63) is 123 Å². The Hall–Kier alpha value is -3.24. The molecule has 0 aliphatic carbocycles.